The Morgan fingerprint density at radius 2 is 2.10 bits per heavy atom. The summed E-state index contributed by atoms with van der Waals surface area (Å²) in [4.78, 5) is 2.41. The number of nitrogens with zero attached hydrogens (tertiary/aromatic N) is 1. The summed E-state index contributed by atoms with van der Waals surface area (Å²) in [7, 11) is 1.99. The second-order valence-corrected chi connectivity index (χ2v) is 6.97. The van der Waals surface area contributed by atoms with E-state index in [1.54, 1.807) is 0 Å². The van der Waals surface area contributed by atoms with E-state index in [0.717, 1.165) is 36.8 Å². The van der Waals surface area contributed by atoms with Crippen molar-refractivity contribution in [3.63, 3.8) is 0 Å². The Labute approximate surface area is 130 Å². The van der Waals surface area contributed by atoms with Gasteiger partial charge in [-0.3, -0.25) is 0 Å². The molecule has 1 aromatic carbocycles. The van der Waals surface area contributed by atoms with E-state index < -0.39 is 5.60 Å². The number of aliphatic hydroxyl groups is 1. The fourth-order valence-electron chi connectivity index (χ4n) is 2.82. The van der Waals surface area contributed by atoms with Crippen LogP contribution < -0.4 is 10.2 Å². The van der Waals surface area contributed by atoms with Crippen LogP contribution in [0.4, 0.5) is 5.69 Å². The molecule has 1 aliphatic heterocycles. The van der Waals surface area contributed by atoms with Crippen LogP contribution in [0.3, 0.4) is 0 Å². The van der Waals surface area contributed by atoms with Gasteiger partial charge in [0.15, 0.2) is 0 Å². The third-order valence-electron chi connectivity index (χ3n) is 4.30. The molecule has 0 bridgehead atoms. The number of nitrogens with one attached hydrogen (secondary N) is 1. The smallest absolute Gasteiger partial charge is 0.0637 e. The van der Waals surface area contributed by atoms with E-state index in [2.05, 4.69) is 51.3 Å². The lowest BCUT2D eigenvalue weighted by Crippen LogP contribution is -2.29. The predicted molar refractivity (Wildman–Crippen MR) is 88.3 cm³/mol. The zero-order chi connectivity index (χ0) is 14.8. The first-order chi connectivity index (χ1) is 9.43. The number of hydrogen-bond donors (Lipinski definition) is 2. The van der Waals surface area contributed by atoms with Gasteiger partial charge in [-0.25, -0.2) is 0 Å². The van der Waals surface area contributed by atoms with Gasteiger partial charge >= 0.3 is 0 Å². The van der Waals surface area contributed by atoms with Gasteiger partial charge in [-0.05, 0) is 57.9 Å². The van der Waals surface area contributed by atoms with Crippen LogP contribution in [0.15, 0.2) is 22.7 Å². The largest absolute Gasteiger partial charge is 0.390 e. The van der Waals surface area contributed by atoms with Crippen LogP contribution in [-0.4, -0.2) is 30.8 Å². The first-order valence-electron chi connectivity index (χ1n) is 7.37. The van der Waals surface area contributed by atoms with Crippen LogP contribution in [0.2, 0.25) is 0 Å². The standard InChI is InChI=1S/C16H25BrN2O/c1-12(18-3)14-6-5-13(17)11-15(14)19-9-4-7-16(2,20)8-10-19/h5-6,11-12,18,20H,4,7-10H2,1-3H3. The highest BCUT2D eigenvalue weighted by molar-refractivity contribution is 9.10. The van der Waals surface area contributed by atoms with Gasteiger partial charge in [0.2, 0.25) is 0 Å². The van der Waals surface area contributed by atoms with Gasteiger partial charge in [-0.1, -0.05) is 22.0 Å². The molecule has 2 unspecified atom stereocenters. The molecule has 0 saturated carbocycles. The van der Waals surface area contributed by atoms with Crippen LogP contribution in [0.5, 0.6) is 0 Å². The number of rotatable bonds is 3. The van der Waals surface area contributed by atoms with Crippen molar-refractivity contribution in [2.75, 3.05) is 25.0 Å². The second-order valence-electron chi connectivity index (χ2n) is 6.05. The lowest BCUT2D eigenvalue weighted by Gasteiger charge is -2.28. The van der Waals surface area contributed by atoms with Crippen LogP contribution in [0.25, 0.3) is 0 Å². The fraction of sp³-hybridized carbons (Fsp3) is 0.625. The number of halogens is 1. The van der Waals surface area contributed by atoms with Crippen molar-refractivity contribution in [3.05, 3.63) is 28.2 Å². The van der Waals surface area contributed by atoms with Crippen molar-refractivity contribution in [2.24, 2.45) is 0 Å². The molecule has 0 spiro atoms. The molecule has 3 nitrogen and oxygen atoms in total. The Morgan fingerprint density at radius 3 is 2.80 bits per heavy atom. The van der Waals surface area contributed by atoms with E-state index in [1.807, 2.05) is 14.0 Å². The van der Waals surface area contributed by atoms with Gasteiger partial charge in [0.05, 0.1) is 5.60 Å². The molecule has 20 heavy (non-hydrogen) atoms. The summed E-state index contributed by atoms with van der Waals surface area (Å²) in [5.41, 5.74) is 2.08. The zero-order valence-corrected chi connectivity index (χ0v) is 14.2. The molecule has 2 N–H and O–H groups in total. The fourth-order valence-corrected chi connectivity index (χ4v) is 3.17. The topological polar surface area (TPSA) is 35.5 Å². The number of anilines is 1. The van der Waals surface area contributed by atoms with Crippen LogP contribution in [0, 0.1) is 0 Å². The van der Waals surface area contributed by atoms with Crippen LogP contribution >= 0.6 is 15.9 Å². The van der Waals surface area contributed by atoms with E-state index in [1.165, 1.54) is 11.3 Å². The van der Waals surface area contributed by atoms with Crippen LogP contribution in [0.1, 0.15) is 44.7 Å². The molecule has 1 saturated heterocycles. The molecule has 1 aliphatic rings. The minimum absolute atomic E-state index is 0.321. The van der Waals surface area contributed by atoms with Gasteiger partial charge < -0.3 is 15.3 Å². The highest BCUT2D eigenvalue weighted by atomic mass is 79.9. The van der Waals surface area contributed by atoms with Gasteiger partial charge in [0.25, 0.3) is 0 Å². The van der Waals surface area contributed by atoms with Gasteiger partial charge in [-0.2, -0.15) is 0 Å². The van der Waals surface area contributed by atoms with Crippen molar-refractivity contribution in [1.29, 1.82) is 0 Å². The van der Waals surface area contributed by atoms with Crippen molar-refractivity contribution < 1.29 is 5.11 Å². The van der Waals surface area contributed by atoms with Crippen molar-refractivity contribution in [2.45, 2.75) is 44.8 Å². The molecular weight excluding hydrogens is 316 g/mol. The Morgan fingerprint density at radius 1 is 1.35 bits per heavy atom. The van der Waals surface area contributed by atoms with E-state index >= 15 is 0 Å². The Bertz CT molecular complexity index is 462. The molecule has 1 aromatic rings. The molecular formula is C16H25BrN2O. The monoisotopic (exact) mass is 340 g/mol. The molecule has 2 atom stereocenters. The normalized spacial score (nSPS) is 25.4. The van der Waals surface area contributed by atoms with Gasteiger partial charge in [0.1, 0.15) is 0 Å². The van der Waals surface area contributed by atoms with E-state index in [-0.39, 0.29) is 0 Å². The van der Waals surface area contributed by atoms with E-state index in [4.69, 9.17) is 0 Å². The minimum Gasteiger partial charge on any atom is -0.390 e. The summed E-state index contributed by atoms with van der Waals surface area (Å²) in [6.07, 6.45) is 2.74. The molecule has 0 amide bonds. The summed E-state index contributed by atoms with van der Waals surface area (Å²) in [6.45, 7) is 6.05. The molecule has 112 valence electrons. The van der Waals surface area contributed by atoms with Crippen molar-refractivity contribution >= 4 is 21.6 Å². The number of hydrogen-bond acceptors (Lipinski definition) is 3. The zero-order valence-electron chi connectivity index (χ0n) is 12.6. The maximum atomic E-state index is 10.3. The maximum absolute atomic E-state index is 10.3. The minimum atomic E-state index is -0.518. The third kappa shape index (κ3) is 3.74. The molecule has 4 heteroatoms. The average Bonchev–Trinajstić information content (AvgIpc) is 2.58. The molecule has 0 aromatic heterocycles. The first-order valence-corrected chi connectivity index (χ1v) is 8.16. The summed E-state index contributed by atoms with van der Waals surface area (Å²) in [5.74, 6) is 0. The molecule has 1 heterocycles. The quantitative estimate of drug-likeness (QED) is 0.884. The van der Waals surface area contributed by atoms with Gasteiger partial charge in [-0.15, -0.1) is 0 Å². The summed E-state index contributed by atoms with van der Waals surface area (Å²) in [6, 6.07) is 6.80. The highest BCUT2D eigenvalue weighted by Crippen LogP contribution is 2.32. The second kappa shape index (κ2) is 6.46. The predicted octanol–water partition coefficient (Wildman–Crippen LogP) is 3.47. The Balaban J connectivity index is 2.29. The van der Waals surface area contributed by atoms with Gasteiger partial charge in [0, 0.05) is 29.3 Å². The van der Waals surface area contributed by atoms with Crippen molar-refractivity contribution in [3.8, 4) is 0 Å². The molecule has 0 aliphatic carbocycles. The average molecular weight is 341 g/mol. The molecule has 0 radical (unpaired) electrons. The third-order valence-corrected chi connectivity index (χ3v) is 4.79. The lowest BCUT2D eigenvalue weighted by atomic mass is 9.98. The van der Waals surface area contributed by atoms with Crippen molar-refractivity contribution in [1.82, 2.24) is 5.32 Å². The summed E-state index contributed by atoms with van der Waals surface area (Å²) in [5, 5.41) is 13.6. The summed E-state index contributed by atoms with van der Waals surface area (Å²) >= 11 is 3.58. The molecule has 2 rings (SSSR count). The van der Waals surface area contributed by atoms with E-state index in [9.17, 15) is 5.11 Å². The lowest BCUT2D eigenvalue weighted by molar-refractivity contribution is 0.0481. The van der Waals surface area contributed by atoms with E-state index in [0.29, 0.717) is 6.04 Å². The molecule has 1 fully saturated rings. The summed E-state index contributed by atoms with van der Waals surface area (Å²) < 4.78 is 1.11. The highest BCUT2D eigenvalue weighted by Gasteiger charge is 2.26. The van der Waals surface area contributed by atoms with Crippen LogP contribution in [-0.2, 0) is 0 Å². The SMILES string of the molecule is CNC(C)c1ccc(Br)cc1N1CCCC(C)(O)CC1. The maximum Gasteiger partial charge on any atom is 0.0637 e. The first kappa shape index (κ1) is 15.8. The number of benzene rings is 1. The Hall–Kier alpha value is -0.580. The Kier molecular flexibility index (Phi) is 5.10.